The average Bonchev–Trinajstić information content (AvgIpc) is 2.80. The third-order valence-corrected chi connectivity index (χ3v) is 6.15. The van der Waals surface area contributed by atoms with Gasteiger partial charge in [0.25, 0.3) is 0 Å². The molecule has 0 radical (unpaired) electrons. The molecule has 5 nitrogen and oxygen atoms in total. The van der Waals surface area contributed by atoms with Crippen LogP contribution in [0.2, 0.25) is 0 Å². The van der Waals surface area contributed by atoms with Crippen molar-refractivity contribution in [2.24, 2.45) is 0 Å². The van der Waals surface area contributed by atoms with Crippen molar-refractivity contribution in [3.8, 4) is 22.8 Å². The van der Waals surface area contributed by atoms with Crippen LogP contribution in [0, 0.1) is 13.8 Å². The van der Waals surface area contributed by atoms with Gasteiger partial charge in [0.15, 0.2) is 11.6 Å². The van der Waals surface area contributed by atoms with Gasteiger partial charge in [-0.25, -0.2) is 4.98 Å². The Bertz CT molecular complexity index is 1120. The molecule has 0 spiro atoms. The molecule has 0 amide bonds. The van der Waals surface area contributed by atoms with Crippen molar-refractivity contribution in [1.29, 1.82) is 0 Å². The molecule has 0 atom stereocenters. The molecule has 0 aliphatic carbocycles. The smallest absolute Gasteiger partial charge is 0.172 e. The zero-order valence-electron chi connectivity index (χ0n) is 20.7. The van der Waals surface area contributed by atoms with Gasteiger partial charge in [-0.1, -0.05) is 32.0 Å². The summed E-state index contributed by atoms with van der Waals surface area (Å²) in [6.45, 7) is 14.8. The van der Waals surface area contributed by atoms with Gasteiger partial charge in [-0.15, -0.1) is 0 Å². The topological polar surface area (TPSA) is 47.5 Å². The lowest BCUT2D eigenvalue weighted by molar-refractivity contribution is 0.239. The Morgan fingerprint density at radius 2 is 1.76 bits per heavy atom. The van der Waals surface area contributed by atoms with Crippen LogP contribution in [0.5, 0.6) is 11.5 Å². The number of nitrogens with zero attached hydrogens (tertiary/aromatic N) is 3. The van der Waals surface area contributed by atoms with Gasteiger partial charge in [-0.2, -0.15) is 0 Å². The minimum atomic E-state index is 0.0720. The number of rotatable bonds is 7. The third-order valence-electron chi connectivity index (χ3n) is 6.15. The Morgan fingerprint density at radius 3 is 2.42 bits per heavy atom. The Balaban J connectivity index is 1.80. The Labute approximate surface area is 197 Å². The standard InChI is InChI=1S/C28H35N3O2/c1-7-21-10-9-11-22(8-2)27(21)24-16-26(33-18(3)4)23(20(6)30-24)17-31-14-15-32-25-13-12-19(5)29-28(25)31/h9-13,16,18H,7-8,14-15,17H2,1-6H3. The van der Waals surface area contributed by atoms with Crippen molar-refractivity contribution in [2.45, 2.75) is 67.0 Å². The lowest BCUT2D eigenvalue weighted by atomic mass is 9.94. The van der Waals surface area contributed by atoms with E-state index < -0.39 is 0 Å². The average molecular weight is 446 g/mol. The van der Waals surface area contributed by atoms with Crippen molar-refractivity contribution in [1.82, 2.24) is 9.97 Å². The fraction of sp³-hybridized carbons (Fsp3) is 0.429. The first-order chi connectivity index (χ1) is 15.9. The molecular weight excluding hydrogens is 410 g/mol. The van der Waals surface area contributed by atoms with Crippen LogP contribution >= 0.6 is 0 Å². The van der Waals surface area contributed by atoms with E-state index in [2.05, 4.69) is 63.8 Å². The van der Waals surface area contributed by atoms with E-state index in [-0.39, 0.29) is 6.10 Å². The maximum absolute atomic E-state index is 6.37. The lowest BCUT2D eigenvalue weighted by Crippen LogP contribution is -2.33. The van der Waals surface area contributed by atoms with Gasteiger partial charge < -0.3 is 14.4 Å². The van der Waals surface area contributed by atoms with Gasteiger partial charge in [0, 0.05) is 28.6 Å². The Morgan fingerprint density at radius 1 is 1.03 bits per heavy atom. The van der Waals surface area contributed by atoms with Crippen molar-refractivity contribution in [3.05, 3.63) is 64.5 Å². The summed E-state index contributed by atoms with van der Waals surface area (Å²) in [7, 11) is 0. The molecule has 0 bridgehead atoms. The first-order valence-electron chi connectivity index (χ1n) is 12.0. The highest BCUT2D eigenvalue weighted by atomic mass is 16.5. The van der Waals surface area contributed by atoms with E-state index in [9.17, 15) is 0 Å². The lowest BCUT2D eigenvalue weighted by Gasteiger charge is -2.31. The molecule has 0 fully saturated rings. The molecule has 1 aliphatic rings. The van der Waals surface area contributed by atoms with Gasteiger partial charge in [-0.3, -0.25) is 4.98 Å². The minimum Gasteiger partial charge on any atom is -0.491 e. The number of anilines is 1. The van der Waals surface area contributed by atoms with Gasteiger partial charge in [0.05, 0.1) is 24.9 Å². The molecule has 174 valence electrons. The van der Waals surface area contributed by atoms with Gasteiger partial charge in [-0.05, 0) is 63.8 Å². The van der Waals surface area contributed by atoms with Crippen LogP contribution in [0.1, 0.15) is 55.8 Å². The number of hydrogen-bond acceptors (Lipinski definition) is 5. The summed E-state index contributed by atoms with van der Waals surface area (Å²) in [6.07, 6.45) is 2.02. The number of pyridine rings is 2. The van der Waals surface area contributed by atoms with Crippen molar-refractivity contribution in [2.75, 3.05) is 18.1 Å². The molecule has 1 aliphatic heterocycles. The third kappa shape index (κ3) is 4.82. The van der Waals surface area contributed by atoms with Crippen molar-refractivity contribution < 1.29 is 9.47 Å². The molecule has 1 aromatic carbocycles. The van der Waals surface area contributed by atoms with Gasteiger partial charge >= 0.3 is 0 Å². The summed E-state index contributed by atoms with van der Waals surface area (Å²) in [5.41, 5.74) is 7.98. The summed E-state index contributed by atoms with van der Waals surface area (Å²) >= 11 is 0. The molecule has 3 heterocycles. The minimum absolute atomic E-state index is 0.0720. The van der Waals surface area contributed by atoms with Crippen LogP contribution < -0.4 is 14.4 Å². The summed E-state index contributed by atoms with van der Waals surface area (Å²) in [5, 5.41) is 0. The largest absolute Gasteiger partial charge is 0.491 e. The Hall–Kier alpha value is -3.08. The normalized spacial score (nSPS) is 13.1. The fourth-order valence-electron chi connectivity index (χ4n) is 4.51. The first kappa shape index (κ1) is 23.1. The highest BCUT2D eigenvalue weighted by Gasteiger charge is 2.24. The maximum atomic E-state index is 6.37. The number of aryl methyl sites for hydroxylation is 4. The number of ether oxygens (including phenoxy) is 2. The highest BCUT2D eigenvalue weighted by Crippen LogP contribution is 2.36. The summed E-state index contributed by atoms with van der Waals surface area (Å²) in [4.78, 5) is 12.1. The van der Waals surface area contributed by atoms with E-state index in [0.717, 1.165) is 59.3 Å². The summed E-state index contributed by atoms with van der Waals surface area (Å²) < 4.78 is 12.2. The number of aromatic nitrogens is 2. The van der Waals surface area contributed by atoms with E-state index in [1.165, 1.54) is 16.7 Å². The van der Waals surface area contributed by atoms with Crippen LogP contribution in [-0.2, 0) is 19.4 Å². The molecule has 0 unspecified atom stereocenters. The molecule has 33 heavy (non-hydrogen) atoms. The van der Waals surface area contributed by atoms with Crippen molar-refractivity contribution in [3.63, 3.8) is 0 Å². The summed E-state index contributed by atoms with van der Waals surface area (Å²) in [6, 6.07) is 12.7. The maximum Gasteiger partial charge on any atom is 0.172 e. The SMILES string of the molecule is CCc1cccc(CC)c1-c1cc(OC(C)C)c(CN2CCOc3ccc(C)nc32)c(C)n1. The quantitative estimate of drug-likeness (QED) is 0.442. The van der Waals surface area contributed by atoms with E-state index in [1.807, 2.05) is 19.1 Å². The number of hydrogen-bond donors (Lipinski definition) is 0. The Kier molecular flexibility index (Phi) is 6.87. The van der Waals surface area contributed by atoms with Crippen LogP contribution in [0.4, 0.5) is 5.82 Å². The van der Waals surface area contributed by atoms with E-state index >= 15 is 0 Å². The molecule has 0 N–H and O–H groups in total. The number of benzene rings is 1. The van der Waals surface area contributed by atoms with Gasteiger partial charge in [0.2, 0.25) is 0 Å². The second-order valence-corrected chi connectivity index (χ2v) is 8.94. The zero-order chi connectivity index (χ0) is 23.5. The molecule has 0 saturated heterocycles. The number of fused-ring (bicyclic) bond motifs is 1. The molecule has 0 saturated carbocycles. The van der Waals surface area contributed by atoms with Crippen LogP contribution in [-0.4, -0.2) is 29.2 Å². The van der Waals surface area contributed by atoms with Crippen LogP contribution in [0.25, 0.3) is 11.3 Å². The van der Waals surface area contributed by atoms with E-state index in [4.69, 9.17) is 19.4 Å². The van der Waals surface area contributed by atoms with Crippen molar-refractivity contribution >= 4 is 5.82 Å². The van der Waals surface area contributed by atoms with E-state index in [1.54, 1.807) is 0 Å². The fourth-order valence-corrected chi connectivity index (χ4v) is 4.51. The summed E-state index contributed by atoms with van der Waals surface area (Å²) in [5.74, 6) is 2.64. The van der Waals surface area contributed by atoms with Crippen LogP contribution in [0.3, 0.4) is 0 Å². The predicted molar refractivity (Wildman–Crippen MR) is 134 cm³/mol. The second-order valence-electron chi connectivity index (χ2n) is 8.94. The molecule has 2 aromatic heterocycles. The highest BCUT2D eigenvalue weighted by molar-refractivity contribution is 5.70. The molecular formula is C28H35N3O2. The molecule has 3 aromatic rings. The molecule has 5 heteroatoms. The predicted octanol–water partition coefficient (Wildman–Crippen LogP) is 6.07. The first-order valence-corrected chi connectivity index (χ1v) is 12.0. The van der Waals surface area contributed by atoms with E-state index in [0.29, 0.717) is 13.2 Å². The molecule has 4 rings (SSSR count). The zero-order valence-corrected chi connectivity index (χ0v) is 20.7. The monoisotopic (exact) mass is 445 g/mol. The second kappa shape index (κ2) is 9.82. The van der Waals surface area contributed by atoms with Gasteiger partial charge in [0.1, 0.15) is 12.4 Å². The van der Waals surface area contributed by atoms with Crippen LogP contribution in [0.15, 0.2) is 36.4 Å².